The van der Waals surface area contributed by atoms with E-state index in [9.17, 15) is 18.0 Å². The molecular formula is C30H30N4O5S. The lowest BCUT2D eigenvalue weighted by Gasteiger charge is -2.21. The van der Waals surface area contributed by atoms with Crippen molar-refractivity contribution in [3.05, 3.63) is 125 Å². The number of hydrazone groups is 1. The molecule has 0 aliphatic carbocycles. The summed E-state index contributed by atoms with van der Waals surface area (Å²) >= 11 is 0. The maximum Gasteiger partial charge on any atom is 0.329 e. The maximum absolute atomic E-state index is 13.5. The van der Waals surface area contributed by atoms with E-state index >= 15 is 0 Å². The van der Waals surface area contributed by atoms with Crippen LogP contribution < -0.4 is 10.7 Å². The van der Waals surface area contributed by atoms with Crippen molar-refractivity contribution in [2.75, 3.05) is 0 Å². The Morgan fingerprint density at radius 2 is 1.52 bits per heavy atom. The summed E-state index contributed by atoms with van der Waals surface area (Å²) in [7, 11) is -3.83. The molecule has 0 saturated heterocycles. The zero-order chi connectivity index (χ0) is 28.5. The molecule has 0 radical (unpaired) electrons. The Balaban J connectivity index is 1.41. The van der Waals surface area contributed by atoms with Crippen molar-refractivity contribution in [2.24, 2.45) is 5.10 Å². The first-order valence-corrected chi connectivity index (χ1v) is 14.0. The normalized spacial score (nSPS) is 12.4. The number of amides is 2. The van der Waals surface area contributed by atoms with Gasteiger partial charge in [0.1, 0.15) is 11.5 Å². The van der Waals surface area contributed by atoms with Crippen LogP contribution in [0.4, 0.5) is 0 Å². The van der Waals surface area contributed by atoms with Crippen molar-refractivity contribution in [1.29, 1.82) is 0 Å². The predicted octanol–water partition coefficient (Wildman–Crippen LogP) is 4.31. The molecule has 0 aliphatic rings. The van der Waals surface area contributed by atoms with Gasteiger partial charge in [-0.2, -0.15) is 9.41 Å². The summed E-state index contributed by atoms with van der Waals surface area (Å²) in [6, 6.07) is 28.1. The minimum Gasteiger partial charge on any atom is -0.459 e. The molecular weight excluding hydrogens is 528 g/mol. The van der Waals surface area contributed by atoms with Crippen molar-refractivity contribution < 1.29 is 22.4 Å². The quantitative estimate of drug-likeness (QED) is 0.171. The molecule has 1 atom stereocenters. The van der Waals surface area contributed by atoms with Gasteiger partial charge >= 0.3 is 11.8 Å². The van der Waals surface area contributed by atoms with Gasteiger partial charge in [-0.3, -0.25) is 9.59 Å². The van der Waals surface area contributed by atoms with Crippen LogP contribution >= 0.6 is 0 Å². The molecule has 206 valence electrons. The molecule has 3 aromatic carbocycles. The van der Waals surface area contributed by atoms with Gasteiger partial charge in [-0.1, -0.05) is 78.4 Å². The highest BCUT2D eigenvalue weighted by Crippen LogP contribution is 2.22. The molecule has 0 saturated carbocycles. The van der Waals surface area contributed by atoms with E-state index in [0.29, 0.717) is 5.76 Å². The van der Waals surface area contributed by atoms with Crippen LogP contribution in [0.5, 0.6) is 0 Å². The highest BCUT2D eigenvalue weighted by molar-refractivity contribution is 7.89. The number of furan rings is 1. The summed E-state index contributed by atoms with van der Waals surface area (Å²) in [6.45, 7) is 3.79. The molecule has 0 spiro atoms. The van der Waals surface area contributed by atoms with Gasteiger partial charge in [0.25, 0.3) is 0 Å². The van der Waals surface area contributed by atoms with Gasteiger partial charge in [0.2, 0.25) is 10.0 Å². The third-order valence-corrected chi connectivity index (χ3v) is 7.89. The van der Waals surface area contributed by atoms with Crippen LogP contribution in [0.1, 0.15) is 41.2 Å². The summed E-state index contributed by atoms with van der Waals surface area (Å²) in [6.07, 6.45) is 1.24. The molecule has 1 aromatic heterocycles. The average Bonchev–Trinajstić information content (AvgIpc) is 3.41. The topological polar surface area (TPSA) is 121 Å². The Labute approximate surface area is 233 Å². The van der Waals surface area contributed by atoms with Gasteiger partial charge in [0.05, 0.1) is 23.7 Å². The molecule has 0 aliphatic heterocycles. The lowest BCUT2D eigenvalue weighted by atomic mass is 10.1. The van der Waals surface area contributed by atoms with Gasteiger partial charge in [0.15, 0.2) is 0 Å². The standard InChI is InChI=1S/C30H30N4O5S/c1-22-13-17-28(18-14-22)40(37,38)34(20-24-9-5-3-6-10-24)21-27-16-15-26(39-27)19-31-33-30(36)29(35)32-23(2)25-11-7-4-8-12-25/h3-19,23H,20-21H2,1-2H3,(H,32,35)(H,33,36)/b31-19+/t23-/m0/s1. The summed E-state index contributed by atoms with van der Waals surface area (Å²) < 4.78 is 34.1. The van der Waals surface area contributed by atoms with E-state index in [4.69, 9.17) is 4.42 Å². The molecule has 1 heterocycles. The number of nitrogens with zero attached hydrogens (tertiary/aromatic N) is 2. The lowest BCUT2D eigenvalue weighted by molar-refractivity contribution is -0.139. The van der Waals surface area contributed by atoms with Gasteiger partial charge in [-0.05, 0) is 49.2 Å². The molecule has 4 rings (SSSR count). The summed E-state index contributed by atoms with van der Waals surface area (Å²) in [5.41, 5.74) is 4.82. The number of carbonyl (C=O) groups excluding carboxylic acids is 2. The second-order valence-electron chi connectivity index (χ2n) is 9.18. The fourth-order valence-corrected chi connectivity index (χ4v) is 5.28. The second-order valence-corrected chi connectivity index (χ2v) is 11.1. The number of benzene rings is 3. The Kier molecular flexibility index (Phi) is 9.26. The monoisotopic (exact) mass is 558 g/mol. The number of nitrogens with one attached hydrogen (secondary N) is 2. The third-order valence-electron chi connectivity index (χ3n) is 6.09. The number of hydrogen-bond acceptors (Lipinski definition) is 6. The van der Waals surface area contributed by atoms with Crippen molar-refractivity contribution in [1.82, 2.24) is 15.0 Å². The fraction of sp³-hybridized carbons (Fsp3) is 0.167. The Hall–Kier alpha value is -4.54. The Morgan fingerprint density at radius 1 is 0.875 bits per heavy atom. The number of rotatable bonds is 10. The minimum absolute atomic E-state index is 0.0227. The maximum atomic E-state index is 13.5. The van der Waals surface area contributed by atoms with Crippen molar-refractivity contribution in [3.8, 4) is 0 Å². The smallest absolute Gasteiger partial charge is 0.329 e. The molecule has 2 amide bonds. The van der Waals surface area contributed by atoms with Crippen LogP contribution in [-0.4, -0.2) is 30.8 Å². The summed E-state index contributed by atoms with van der Waals surface area (Å²) in [4.78, 5) is 24.5. The highest BCUT2D eigenvalue weighted by atomic mass is 32.2. The number of sulfonamides is 1. The predicted molar refractivity (Wildman–Crippen MR) is 151 cm³/mol. The van der Waals surface area contributed by atoms with Gasteiger partial charge < -0.3 is 9.73 Å². The minimum atomic E-state index is -3.83. The molecule has 2 N–H and O–H groups in total. The summed E-state index contributed by atoms with van der Waals surface area (Å²) in [5.74, 6) is -1.09. The first kappa shape index (κ1) is 28.5. The van der Waals surface area contributed by atoms with Crippen molar-refractivity contribution in [3.63, 3.8) is 0 Å². The SMILES string of the molecule is Cc1ccc(S(=O)(=O)N(Cc2ccccc2)Cc2ccc(/C=N/NC(=O)C(=O)N[C@@H](C)c3ccccc3)o2)cc1. The first-order valence-electron chi connectivity index (χ1n) is 12.6. The second kappa shape index (κ2) is 13.0. The highest BCUT2D eigenvalue weighted by Gasteiger charge is 2.26. The van der Waals surface area contributed by atoms with Crippen LogP contribution in [0.2, 0.25) is 0 Å². The van der Waals surface area contributed by atoms with Crippen molar-refractivity contribution in [2.45, 2.75) is 37.9 Å². The van der Waals surface area contributed by atoms with Crippen LogP contribution in [0.25, 0.3) is 0 Å². The van der Waals surface area contributed by atoms with E-state index in [2.05, 4.69) is 15.8 Å². The molecule has 0 bridgehead atoms. The van der Waals surface area contributed by atoms with E-state index in [1.165, 1.54) is 10.5 Å². The third kappa shape index (κ3) is 7.52. The van der Waals surface area contributed by atoms with E-state index in [1.54, 1.807) is 43.3 Å². The number of hydrogen-bond donors (Lipinski definition) is 2. The van der Waals surface area contributed by atoms with Crippen LogP contribution in [0, 0.1) is 6.92 Å². The van der Waals surface area contributed by atoms with Crippen LogP contribution in [0.15, 0.2) is 111 Å². The number of aryl methyl sites for hydroxylation is 1. The zero-order valence-electron chi connectivity index (χ0n) is 22.2. The molecule has 9 nitrogen and oxygen atoms in total. The van der Waals surface area contributed by atoms with Gasteiger partial charge in [-0.25, -0.2) is 13.8 Å². The molecule has 10 heteroatoms. The number of carbonyl (C=O) groups is 2. The molecule has 4 aromatic rings. The molecule has 0 fully saturated rings. The van der Waals surface area contributed by atoms with Crippen LogP contribution in [-0.2, 0) is 32.7 Å². The molecule has 0 unspecified atom stereocenters. The Bertz CT molecular complexity index is 1570. The fourth-order valence-electron chi connectivity index (χ4n) is 3.89. The van der Waals surface area contributed by atoms with Crippen molar-refractivity contribution >= 4 is 28.1 Å². The zero-order valence-corrected chi connectivity index (χ0v) is 23.0. The molecule has 40 heavy (non-hydrogen) atoms. The van der Waals surface area contributed by atoms with E-state index < -0.39 is 21.8 Å². The van der Waals surface area contributed by atoms with E-state index in [-0.39, 0.29) is 29.8 Å². The average molecular weight is 559 g/mol. The van der Waals surface area contributed by atoms with E-state index in [0.717, 1.165) is 16.7 Å². The Morgan fingerprint density at radius 3 is 2.20 bits per heavy atom. The van der Waals surface area contributed by atoms with E-state index in [1.807, 2.05) is 67.6 Å². The van der Waals surface area contributed by atoms with Crippen LogP contribution in [0.3, 0.4) is 0 Å². The lowest BCUT2D eigenvalue weighted by Crippen LogP contribution is -2.39. The largest absolute Gasteiger partial charge is 0.459 e. The van der Waals surface area contributed by atoms with Gasteiger partial charge in [-0.15, -0.1) is 0 Å². The van der Waals surface area contributed by atoms with Gasteiger partial charge in [0, 0.05) is 6.54 Å². The summed E-state index contributed by atoms with van der Waals surface area (Å²) in [5, 5.41) is 6.41. The first-order chi connectivity index (χ1) is 19.2.